The van der Waals surface area contributed by atoms with Crippen molar-refractivity contribution in [2.45, 2.75) is 39.8 Å². The predicted octanol–water partition coefficient (Wildman–Crippen LogP) is 3.47. The number of urea groups is 1. The highest BCUT2D eigenvalue weighted by atomic mass is 32.1. The lowest BCUT2D eigenvalue weighted by atomic mass is 9.96. The Kier molecular flexibility index (Phi) is 6.63. The van der Waals surface area contributed by atoms with Gasteiger partial charge >= 0.3 is 6.03 Å². The van der Waals surface area contributed by atoms with Gasteiger partial charge in [-0.3, -0.25) is 4.90 Å². The maximum atomic E-state index is 11.9. The van der Waals surface area contributed by atoms with Crippen molar-refractivity contribution in [3.63, 3.8) is 0 Å². The predicted molar refractivity (Wildman–Crippen MR) is 106 cm³/mol. The first-order valence-electron chi connectivity index (χ1n) is 9.29. The van der Waals surface area contributed by atoms with Gasteiger partial charge < -0.3 is 10.6 Å². The highest BCUT2D eigenvalue weighted by molar-refractivity contribution is 7.09. The fourth-order valence-electron chi connectivity index (χ4n) is 3.26. The summed E-state index contributed by atoms with van der Waals surface area (Å²) in [5.41, 5.74) is 3.61. The highest BCUT2D eigenvalue weighted by Crippen LogP contribution is 2.18. The average molecular weight is 373 g/mol. The van der Waals surface area contributed by atoms with Crippen LogP contribution >= 0.6 is 11.3 Å². The van der Waals surface area contributed by atoms with Gasteiger partial charge in [0.25, 0.3) is 0 Å². The van der Waals surface area contributed by atoms with E-state index in [4.69, 9.17) is 0 Å². The molecule has 3 rings (SSSR count). The molecule has 6 heteroatoms. The van der Waals surface area contributed by atoms with Gasteiger partial charge in [0.1, 0.15) is 0 Å². The Morgan fingerprint density at radius 2 is 1.92 bits per heavy atom. The van der Waals surface area contributed by atoms with Crippen molar-refractivity contribution in [1.29, 1.82) is 0 Å². The Labute approximate surface area is 159 Å². The van der Waals surface area contributed by atoms with Crippen molar-refractivity contribution in [1.82, 2.24) is 20.5 Å². The number of aryl methyl sites for hydroxylation is 2. The highest BCUT2D eigenvalue weighted by Gasteiger charge is 2.19. The van der Waals surface area contributed by atoms with Crippen LogP contribution < -0.4 is 10.6 Å². The summed E-state index contributed by atoms with van der Waals surface area (Å²) >= 11 is 1.61. The summed E-state index contributed by atoms with van der Waals surface area (Å²) in [6, 6.07) is 8.70. The number of nitrogens with one attached hydrogen (secondary N) is 2. The number of piperidine rings is 1. The van der Waals surface area contributed by atoms with E-state index in [9.17, 15) is 4.79 Å². The standard InChI is InChI=1S/C20H28N4OS/c1-15-3-5-18(6-4-15)13-24-9-7-17(8-10-24)11-21-20(25)22-12-19-14-26-16(2)23-19/h3-6,14,17H,7-13H2,1-2H3,(H2,21,22,25). The maximum absolute atomic E-state index is 11.9. The van der Waals surface area contributed by atoms with Crippen molar-refractivity contribution < 1.29 is 4.79 Å². The summed E-state index contributed by atoms with van der Waals surface area (Å²) in [5.74, 6) is 0.566. The van der Waals surface area contributed by atoms with Crippen molar-refractivity contribution in [2.24, 2.45) is 5.92 Å². The van der Waals surface area contributed by atoms with Crippen molar-refractivity contribution in [2.75, 3.05) is 19.6 Å². The lowest BCUT2D eigenvalue weighted by Gasteiger charge is -2.32. The van der Waals surface area contributed by atoms with Gasteiger partial charge in [-0.15, -0.1) is 11.3 Å². The molecule has 26 heavy (non-hydrogen) atoms. The summed E-state index contributed by atoms with van der Waals surface area (Å²) in [7, 11) is 0. The molecule has 1 fully saturated rings. The van der Waals surface area contributed by atoms with Crippen molar-refractivity contribution >= 4 is 17.4 Å². The fourth-order valence-corrected chi connectivity index (χ4v) is 3.87. The fraction of sp³-hybridized carbons (Fsp3) is 0.500. The zero-order valence-electron chi connectivity index (χ0n) is 15.6. The Morgan fingerprint density at radius 3 is 2.58 bits per heavy atom. The topological polar surface area (TPSA) is 57.3 Å². The van der Waals surface area contributed by atoms with Gasteiger partial charge in [-0.25, -0.2) is 9.78 Å². The number of benzene rings is 1. The van der Waals surface area contributed by atoms with Gasteiger partial charge in [0.2, 0.25) is 0 Å². The molecule has 140 valence electrons. The molecule has 0 aliphatic carbocycles. The third-order valence-electron chi connectivity index (χ3n) is 4.88. The maximum Gasteiger partial charge on any atom is 0.315 e. The molecule has 1 saturated heterocycles. The molecule has 0 saturated carbocycles. The third kappa shape index (κ3) is 5.81. The molecule has 0 radical (unpaired) electrons. The van der Waals surface area contributed by atoms with E-state index in [-0.39, 0.29) is 6.03 Å². The zero-order chi connectivity index (χ0) is 18.4. The lowest BCUT2D eigenvalue weighted by molar-refractivity contribution is 0.175. The first kappa shape index (κ1) is 18.9. The molecule has 1 aromatic carbocycles. The van der Waals surface area contributed by atoms with E-state index in [2.05, 4.69) is 51.7 Å². The monoisotopic (exact) mass is 372 g/mol. The molecule has 1 aliphatic rings. The van der Waals surface area contributed by atoms with Crippen molar-refractivity contribution in [3.8, 4) is 0 Å². The van der Waals surface area contributed by atoms with Crippen molar-refractivity contribution in [3.05, 3.63) is 51.5 Å². The van der Waals surface area contributed by atoms with Crippen LogP contribution in [0.1, 0.15) is 34.7 Å². The normalized spacial score (nSPS) is 15.8. The summed E-state index contributed by atoms with van der Waals surface area (Å²) < 4.78 is 0. The first-order valence-corrected chi connectivity index (χ1v) is 10.2. The average Bonchev–Trinajstić information content (AvgIpc) is 3.07. The summed E-state index contributed by atoms with van der Waals surface area (Å²) in [4.78, 5) is 18.8. The molecule has 0 bridgehead atoms. The van der Waals surface area contributed by atoms with Gasteiger partial charge in [-0.2, -0.15) is 0 Å². The molecular weight excluding hydrogens is 344 g/mol. The van der Waals surface area contributed by atoms with E-state index in [1.165, 1.54) is 11.1 Å². The number of carbonyl (C=O) groups is 1. The van der Waals surface area contributed by atoms with E-state index >= 15 is 0 Å². The number of amides is 2. The van der Waals surface area contributed by atoms with Crippen LogP contribution in [0.5, 0.6) is 0 Å². The van der Waals surface area contributed by atoms with Crippen LogP contribution in [-0.4, -0.2) is 35.5 Å². The number of likely N-dealkylation sites (tertiary alicyclic amines) is 1. The molecule has 2 aromatic rings. The number of hydrogen-bond donors (Lipinski definition) is 2. The second-order valence-corrected chi connectivity index (χ2v) is 8.19. The Bertz CT molecular complexity index is 705. The van der Waals surface area contributed by atoms with Gasteiger partial charge in [0.05, 0.1) is 17.2 Å². The van der Waals surface area contributed by atoms with Crippen LogP contribution in [-0.2, 0) is 13.1 Å². The van der Waals surface area contributed by atoms with Gasteiger partial charge in [0.15, 0.2) is 0 Å². The Hall–Kier alpha value is -1.92. The Balaban J connectivity index is 1.32. The van der Waals surface area contributed by atoms with Crippen LogP contribution in [0.25, 0.3) is 0 Å². The third-order valence-corrected chi connectivity index (χ3v) is 5.70. The van der Waals surface area contributed by atoms with Crippen LogP contribution in [0.15, 0.2) is 29.6 Å². The second-order valence-electron chi connectivity index (χ2n) is 7.13. The van der Waals surface area contributed by atoms with E-state index < -0.39 is 0 Å². The minimum atomic E-state index is -0.0993. The van der Waals surface area contributed by atoms with E-state index in [0.29, 0.717) is 12.5 Å². The van der Waals surface area contributed by atoms with Crippen LogP contribution in [0.4, 0.5) is 4.79 Å². The van der Waals surface area contributed by atoms with Crippen LogP contribution in [0.3, 0.4) is 0 Å². The summed E-state index contributed by atoms with van der Waals surface area (Å²) in [6.45, 7) is 8.55. The smallest absolute Gasteiger partial charge is 0.315 e. The van der Waals surface area contributed by atoms with E-state index in [1.807, 2.05) is 12.3 Å². The molecule has 1 aromatic heterocycles. The number of aromatic nitrogens is 1. The van der Waals surface area contributed by atoms with Crippen LogP contribution in [0.2, 0.25) is 0 Å². The summed E-state index contributed by atoms with van der Waals surface area (Å²) in [5, 5.41) is 8.90. The largest absolute Gasteiger partial charge is 0.338 e. The molecule has 2 heterocycles. The molecular formula is C20H28N4OS. The second kappa shape index (κ2) is 9.14. The molecule has 0 spiro atoms. The van der Waals surface area contributed by atoms with Gasteiger partial charge in [0, 0.05) is 18.5 Å². The minimum absolute atomic E-state index is 0.0993. The molecule has 2 amide bonds. The molecule has 5 nitrogen and oxygen atoms in total. The number of rotatable bonds is 6. The molecule has 1 aliphatic heterocycles. The lowest BCUT2D eigenvalue weighted by Crippen LogP contribution is -2.41. The van der Waals surface area contributed by atoms with E-state index in [1.54, 1.807) is 11.3 Å². The zero-order valence-corrected chi connectivity index (χ0v) is 16.4. The van der Waals surface area contributed by atoms with Crippen LogP contribution in [0, 0.1) is 19.8 Å². The number of nitrogens with zero attached hydrogens (tertiary/aromatic N) is 2. The SMILES string of the molecule is Cc1ccc(CN2CCC(CNC(=O)NCc3csc(C)n3)CC2)cc1. The first-order chi connectivity index (χ1) is 12.6. The summed E-state index contributed by atoms with van der Waals surface area (Å²) in [6.07, 6.45) is 2.27. The molecule has 0 atom stereocenters. The quantitative estimate of drug-likeness (QED) is 0.816. The molecule has 0 unspecified atom stereocenters. The van der Waals surface area contributed by atoms with Gasteiger partial charge in [-0.1, -0.05) is 29.8 Å². The van der Waals surface area contributed by atoms with Gasteiger partial charge in [-0.05, 0) is 51.3 Å². The number of carbonyl (C=O) groups excluding carboxylic acids is 1. The number of thiazole rings is 1. The molecule has 2 N–H and O–H groups in total. The Morgan fingerprint density at radius 1 is 1.19 bits per heavy atom. The number of hydrogen-bond acceptors (Lipinski definition) is 4. The van der Waals surface area contributed by atoms with E-state index in [0.717, 1.165) is 49.7 Å². The minimum Gasteiger partial charge on any atom is -0.338 e.